The van der Waals surface area contributed by atoms with Crippen LogP contribution in [-0.4, -0.2) is 73.9 Å². The van der Waals surface area contributed by atoms with Crippen molar-refractivity contribution in [1.29, 1.82) is 0 Å². The number of H-pyrrole nitrogens is 1. The van der Waals surface area contributed by atoms with Crippen LogP contribution in [0.3, 0.4) is 0 Å². The van der Waals surface area contributed by atoms with E-state index in [1.165, 1.54) is 44.3 Å². The van der Waals surface area contributed by atoms with Crippen molar-refractivity contribution in [2.75, 3.05) is 59.2 Å². The lowest BCUT2D eigenvalue weighted by molar-refractivity contribution is 0.166. The number of hydrogen-bond donors (Lipinski definition) is 1. The quantitative estimate of drug-likeness (QED) is 0.0855. The first-order chi connectivity index (χ1) is 29.2. The Bertz CT molecular complexity index is 2290. The summed E-state index contributed by atoms with van der Waals surface area (Å²) in [5.41, 5.74) is 9.18. The molecular formula is C47H59N3O8P2. The molecule has 2 saturated heterocycles. The number of aromatic nitrogens is 1. The molecule has 0 saturated carbocycles. The zero-order chi connectivity index (χ0) is 42.0. The van der Waals surface area contributed by atoms with Gasteiger partial charge in [-0.05, 0) is 136 Å². The van der Waals surface area contributed by atoms with Gasteiger partial charge in [0.1, 0.15) is 11.5 Å². The molecule has 5 aromatic rings. The maximum absolute atomic E-state index is 12.7. The molecule has 2 aliphatic heterocycles. The summed E-state index contributed by atoms with van der Waals surface area (Å²) in [5, 5.41) is 1.29. The molecule has 0 amide bonds. The fraction of sp³-hybridized carbons (Fsp3) is 0.404. The summed E-state index contributed by atoms with van der Waals surface area (Å²) in [7, 11) is -7.15. The number of rotatable bonds is 18. The van der Waals surface area contributed by atoms with E-state index in [0.717, 1.165) is 58.5 Å². The zero-order valence-electron chi connectivity index (χ0n) is 35.3. The van der Waals surface area contributed by atoms with Crippen molar-refractivity contribution in [2.45, 2.75) is 65.3 Å². The van der Waals surface area contributed by atoms with Crippen LogP contribution in [0.15, 0.2) is 109 Å². The molecule has 1 N–H and O–H groups in total. The molecular weight excluding hydrogens is 796 g/mol. The maximum Gasteiger partial charge on any atom is 0.530 e. The number of nitrogens with zero attached hydrogens (tertiary/aromatic N) is 2. The molecule has 1 aliphatic carbocycles. The van der Waals surface area contributed by atoms with Crippen molar-refractivity contribution in [1.82, 2.24) is 14.8 Å². The predicted molar refractivity (Wildman–Crippen MR) is 239 cm³/mol. The van der Waals surface area contributed by atoms with Gasteiger partial charge >= 0.3 is 15.6 Å². The van der Waals surface area contributed by atoms with E-state index in [-0.39, 0.29) is 26.4 Å². The van der Waals surface area contributed by atoms with E-state index < -0.39 is 15.6 Å². The molecule has 320 valence electrons. The van der Waals surface area contributed by atoms with Gasteiger partial charge < -0.3 is 14.0 Å². The van der Waals surface area contributed by atoms with Crippen LogP contribution in [0.2, 0.25) is 0 Å². The van der Waals surface area contributed by atoms with Gasteiger partial charge in [-0.25, -0.2) is 9.13 Å². The third-order valence-corrected chi connectivity index (χ3v) is 14.3. The van der Waals surface area contributed by atoms with Crippen LogP contribution in [0.4, 0.5) is 0 Å². The third kappa shape index (κ3) is 11.3. The van der Waals surface area contributed by atoms with E-state index in [1.807, 2.05) is 24.3 Å². The number of para-hydroxylation sites is 1. The molecule has 2 fully saturated rings. The highest BCUT2D eigenvalue weighted by molar-refractivity contribution is 7.49. The minimum absolute atomic E-state index is 0.266. The Hall–Kier alpha value is -4.02. The summed E-state index contributed by atoms with van der Waals surface area (Å²) >= 11 is 0. The fourth-order valence-electron chi connectivity index (χ4n) is 8.47. The molecule has 11 nitrogen and oxygen atoms in total. The molecule has 13 heteroatoms. The van der Waals surface area contributed by atoms with Gasteiger partial charge in [-0.1, -0.05) is 72.8 Å². The van der Waals surface area contributed by atoms with Gasteiger partial charge in [0.2, 0.25) is 0 Å². The molecule has 0 bridgehead atoms. The Labute approximate surface area is 355 Å². The van der Waals surface area contributed by atoms with Crippen molar-refractivity contribution in [2.24, 2.45) is 0 Å². The van der Waals surface area contributed by atoms with Crippen LogP contribution in [0, 0.1) is 0 Å². The van der Waals surface area contributed by atoms with Gasteiger partial charge in [0.05, 0.1) is 26.4 Å². The first kappa shape index (κ1) is 44.0. The number of fused-ring (bicyclic) bond motifs is 2. The van der Waals surface area contributed by atoms with E-state index >= 15 is 0 Å². The maximum atomic E-state index is 12.7. The average Bonchev–Trinajstić information content (AvgIpc) is 4.07. The highest BCUT2D eigenvalue weighted by Gasteiger charge is 2.31. The summed E-state index contributed by atoms with van der Waals surface area (Å²) in [4.78, 5) is 8.37. The second kappa shape index (κ2) is 20.7. The fourth-order valence-corrected chi connectivity index (χ4v) is 10.8. The van der Waals surface area contributed by atoms with Crippen LogP contribution < -0.4 is 9.05 Å². The summed E-state index contributed by atoms with van der Waals surface area (Å²) in [6.45, 7) is 14.2. The first-order valence-corrected chi connectivity index (χ1v) is 24.3. The highest BCUT2D eigenvalue weighted by atomic mass is 31.2. The second-order valence-electron chi connectivity index (χ2n) is 15.3. The van der Waals surface area contributed by atoms with E-state index in [9.17, 15) is 9.13 Å². The Morgan fingerprint density at radius 3 is 1.75 bits per heavy atom. The topological polar surface area (TPSA) is 112 Å². The smallest absolute Gasteiger partial charge is 0.404 e. The molecule has 3 aliphatic rings. The van der Waals surface area contributed by atoms with Crippen LogP contribution in [-0.2, 0) is 40.2 Å². The minimum Gasteiger partial charge on any atom is -0.404 e. The molecule has 2 unspecified atom stereocenters. The number of aromatic amines is 1. The molecule has 8 rings (SSSR count). The first-order valence-electron chi connectivity index (χ1n) is 21.3. The summed E-state index contributed by atoms with van der Waals surface area (Å²) in [6.07, 6.45) is 7.71. The Morgan fingerprint density at radius 2 is 1.17 bits per heavy atom. The van der Waals surface area contributed by atoms with Gasteiger partial charge in [-0.2, -0.15) is 0 Å². The lowest BCUT2D eigenvalue weighted by atomic mass is 9.98. The molecule has 0 spiro atoms. The van der Waals surface area contributed by atoms with Gasteiger partial charge in [-0.15, -0.1) is 0 Å². The van der Waals surface area contributed by atoms with Crippen molar-refractivity contribution >= 4 is 32.1 Å². The Balaban J connectivity index is 0.000000181. The van der Waals surface area contributed by atoms with Gasteiger partial charge in [0.15, 0.2) is 0 Å². The normalized spacial score (nSPS) is 18.3. The predicted octanol–water partition coefficient (Wildman–Crippen LogP) is 11.4. The SMILES string of the molecule is CCOP(=O)(OCC)Oc1cccc(C2CCN(CC3=CCc4ccccc43)C2)c1.CCOP(=O)(OCC)Oc1cccc(C2CCN(Cc3c[nH]c4ccccc34)C2)c1. The number of hydrogen-bond acceptors (Lipinski definition) is 10. The molecule has 60 heavy (non-hydrogen) atoms. The zero-order valence-corrected chi connectivity index (χ0v) is 37.1. The van der Waals surface area contributed by atoms with Crippen molar-refractivity contribution in [3.05, 3.63) is 137 Å². The van der Waals surface area contributed by atoms with E-state index in [2.05, 4.69) is 87.7 Å². The monoisotopic (exact) mass is 855 g/mol. The lowest BCUT2D eigenvalue weighted by Gasteiger charge is -2.19. The van der Waals surface area contributed by atoms with Crippen LogP contribution >= 0.6 is 15.6 Å². The van der Waals surface area contributed by atoms with Crippen LogP contribution in [0.5, 0.6) is 11.5 Å². The number of likely N-dealkylation sites (tertiary alicyclic amines) is 2. The summed E-state index contributed by atoms with van der Waals surface area (Å²) < 4.78 is 57.6. The molecule has 3 heterocycles. The molecule has 2 atom stereocenters. The third-order valence-electron chi connectivity index (χ3n) is 11.2. The minimum atomic E-state index is -3.58. The average molecular weight is 856 g/mol. The molecule has 1 aromatic heterocycles. The van der Waals surface area contributed by atoms with Gasteiger partial charge in [0, 0.05) is 43.3 Å². The van der Waals surface area contributed by atoms with Gasteiger partial charge in [0.25, 0.3) is 0 Å². The summed E-state index contributed by atoms with van der Waals surface area (Å²) in [6, 6.07) is 32.8. The van der Waals surface area contributed by atoms with Crippen molar-refractivity contribution < 1.29 is 36.3 Å². The second-order valence-corrected chi connectivity index (χ2v) is 18.5. The van der Waals surface area contributed by atoms with Crippen molar-refractivity contribution in [3.8, 4) is 11.5 Å². The Kier molecular flexibility index (Phi) is 15.2. The van der Waals surface area contributed by atoms with E-state index in [4.69, 9.17) is 27.1 Å². The molecule has 0 radical (unpaired) electrons. The largest absolute Gasteiger partial charge is 0.530 e. The number of allylic oxidation sites excluding steroid dienone is 1. The number of benzene rings is 4. The molecule has 4 aromatic carbocycles. The van der Waals surface area contributed by atoms with Gasteiger partial charge in [-0.3, -0.25) is 27.9 Å². The lowest BCUT2D eigenvalue weighted by Crippen LogP contribution is -2.22. The van der Waals surface area contributed by atoms with Crippen LogP contribution in [0.25, 0.3) is 16.5 Å². The summed E-state index contributed by atoms with van der Waals surface area (Å²) in [5.74, 6) is 1.90. The van der Waals surface area contributed by atoms with E-state index in [0.29, 0.717) is 23.3 Å². The van der Waals surface area contributed by atoms with Crippen molar-refractivity contribution in [3.63, 3.8) is 0 Å². The number of phosphoric acid groups is 2. The number of nitrogens with one attached hydrogen (secondary N) is 1. The number of phosphoric ester groups is 2. The van der Waals surface area contributed by atoms with Crippen LogP contribution in [0.1, 0.15) is 80.2 Å². The van der Waals surface area contributed by atoms with E-state index in [1.54, 1.807) is 39.8 Å². The standard InChI is InChI=1S/C24H30NO4P.C23H29N2O4P/c1-3-27-30(26,28-4-2)29-23-10-7-9-20(16-23)21-14-15-25(17-21)18-22-13-12-19-8-5-6-11-24(19)22;1-3-27-30(26,28-4-2)29-21-9-7-8-18(14-21)19-12-13-25(16-19)17-20-15-24-23-11-6-5-10-22(20)23/h5-11,13,16,21H,3-4,12,14-15,17-18H2,1-2H3;5-11,14-15,19,24H,3-4,12-13,16-17H2,1-2H3. The Morgan fingerprint density at radius 1 is 0.633 bits per heavy atom. The highest BCUT2D eigenvalue weighted by Crippen LogP contribution is 2.51.